The van der Waals surface area contributed by atoms with Crippen LogP contribution in [0.4, 0.5) is 10.8 Å². The van der Waals surface area contributed by atoms with E-state index < -0.39 is 0 Å². The van der Waals surface area contributed by atoms with Gasteiger partial charge >= 0.3 is 0 Å². The lowest BCUT2D eigenvalue weighted by molar-refractivity contribution is -0.130. The standard InChI is InChI=1S/C19H26N4OS2/c1-4-15-5-7-16(8-6-15)20-18-21-22-19(26-18)25-12-17(24)23-10-13(2)9-14(3)11-23/h5-8,13-14H,4,9-12H2,1-3H3,(H,20,21)/t13-,14-/m1/s1. The smallest absolute Gasteiger partial charge is 0.233 e. The number of likely N-dealkylation sites (tertiary alicyclic amines) is 1. The van der Waals surface area contributed by atoms with Crippen LogP contribution < -0.4 is 5.32 Å². The average Bonchev–Trinajstić information content (AvgIpc) is 3.07. The maximum absolute atomic E-state index is 12.5. The lowest BCUT2D eigenvalue weighted by atomic mass is 9.92. The number of aryl methyl sites for hydroxylation is 1. The molecule has 7 heteroatoms. The number of amides is 1. The molecular weight excluding hydrogens is 364 g/mol. The number of anilines is 2. The topological polar surface area (TPSA) is 58.1 Å². The highest BCUT2D eigenvalue weighted by Crippen LogP contribution is 2.29. The third-order valence-electron chi connectivity index (χ3n) is 4.56. The highest BCUT2D eigenvalue weighted by molar-refractivity contribution is 8.01. The number of rotatable bonds is 6. The number of hydrogen-bond donors (Lipinski definition) is 1. The molecule has 1 aliphatic heterocycles. The molecule has 26 heavy (non-hydrogen) atoms. The lowest BCUT2D eigenvalue weighted by Gasteiger charge is -2.34. The Morgan fingerprint density at radius 2 is 1.92 bits per heavy atom. The predicted molar refractivity (Wildman–Crippen MR) is 109 cm³/mol. The molecule has 1 saturated heterocycles. The van der Waals surface area contributed by atoms with Crippen LogP contribution in [0.15, 0.2) is 28.6 Å². The van der Waals surface area contributed by atoms with Crippen LogP contribution in [0.5, 0.6) is 0 Å². The molecule has 0 bridgehead atoms. The van der Waals surface area contributed by atoms with Crippen LogP contribution in [0.2, 0.25) is 0 Å². The van der Waals surface area contributed by atoms with Gasteiger partial charge in [-0.2, -0.15) is 0 Å². The molecule has 2 heterocycles. The summed E-state index contributed by atoms with van der Waals surface area (Å²) >= 11 is 2.96. The monoisotopic (exact) mass is 390 g/mol. The van der Waals surface area contributed by atoms with E-state index in [-0.39, 0.29) is 5.91 Å². The summed E-state index contributed by atoms with van der Waals surface area (Å²) in [5.74, 6) is 1.81. The number of carbonyl (C=O) groups excluding carboxylic acids is 1. The molecule has 2 atom stereocenters. The maximum atomic E-state index is 12.5. The van der Waals surface area contributed by atoms with Crippen molar-refractivity contribution in [2.75, 3.05) is 24.2 Å². The van der Waals surface area contributed by atoms with Crippen molar-refractivity contribution in [1.29, 1.82) is 0 Å². The molecule has 1 aromatic carbocycles. The van der Waals surface area contributed by atoms with Crippen molar-refractivity contribution in [2.24, 2.45) is 11.8 Å². The molecule has 5 nitrogen and oxygen atoms in total. The number of piperidine rings is 1. The summed E-state index contributed by atoms with van der Waals surface area (Å²) in [4.78, 5) is 14.5. The SMILES string of the molecule is CCc1ccc(Nc2nnc(SCC(=O)N3C[C@H](C)C[C@@H](C)C3)s2)cc1. The van der Waals surface area contributed by atoms with E-state index in [1.54, 1.807) is 0 Å². The summed E-state index contributed by atoms with van der Waals surface area (Å²) in [6.07, 6.45) is 2.24. The fourth-order valence-corrected chi connectivity index (χ4v) is 5.02. The van der Waals surface area contributed by atoms with E-state index in [0.717, 1.165) is 34.7 Å². The molecule has 1 aliphatic rings. The second kappa shape index (κ2) is 8.86. The largest absolute Gasteiger partial charge is 0.341 e. The fourth-order valence-electron chi connectivity index (χ4n) is 3.35. The Labute approximate surface area is 163 Å². The molecule has 2 aromatic rings. The summed E-state index contributed by atoms with van der Waals surface area (Å²) in [7, 11) is 0. The van der Waals surface area contributed by atoms with Crippen LogP contribution in [0.1, 0.15) is 32.8 Å². The van der Waals surface area contributed by atoms with Gasteiger partial charge in [0.15, 0.2) is 4.34 Å². The second-order valence-electron chi connectivity index (χ2n) is 7.08. The highest BCUT2D eigenvalue weighted by Gasteiger charge is 2.25. The fraction of sp³-hybridized carbons (Fsp3) is 0.526. The van der Waals surface area contributed by atoms with Gasteiger partial charge in [0.25, 0.3) is 0 Å². The minimum absolute atomic E-state index is 0.202. The van der Waals surface area contributed by atoms with E-state index in [1.165, 1.54) is 35.1 Å². The Balaban J connectivity index is 1.50. The lowest BCUT2D eigenvalue weighted by Crippen LogP contribution is -2.43. The van der Waals surface area contributed by atoms with E-state index in [0.29, 0.717) is 17.6 Å². The summed E-state index contributed by atoms with van der Waals surface area (Å²) in [5.41, 5.74) is 2.31. The minimum atomic E-state index is 0.202. The zero-order valence-corrected chi connectivity index (χ0v) is 17.2. The van der Waals surface area contributed by atoms with Gasteiger partial charge in [-0.25, -0.2) is 0 Å². The molecule has 1 aromatic heterocycles. The van der Waals surface area contributed by atoms with Crippen molar-refractivity contribution in [3.8, 4) is 0 Å². The number of carbonyl (C=O) groups is 1. The summed E-state index contributed by atoms with van der Waals surface area (Å²) in [5, 5.41) is 12.4. The quantitative estimate of drug-likeness (QED) is 0.739. The van der Waals surface area contributed by atoms with Crippen molar-refractivity contribution in [3.63, 3.8) is 0 Å². The zero-order valence-electron chi connectivity index (χ0n) is 15.6. The molecule has 0 unspecified atom stereocenters. The molecule has 0 spiro atoms. The number of nitrogens with zero attached hydrogens (tertiary/aromatic N) is 3. The molecule has 3 rings (SSSR count). The van der Waals surface area contributed by atoms with Gasteiger partial charge in [-0.15, -0.1) is 10.2 Å². The number of aromatic nitrogens is 2. The molecule has 1 amide bonds. The predicted octanol–water partition coefficient (Wildman–Crippen LogP) is 4.44. The van der Waals surface area contributed by atoms with Gasteiger partial charge in [0.2, 0.25) is 11.0 Å². The van der Waals surface area contributed by atoms with Gasteiger partial charge < -0.3 is 10.2 Å². The number of nitrogens with one attached hydrogen (secondary N) is 1. The molecule has 140 valence electrons. The van der Waals surface area contributed by atoms with E-state index in [2.05, 4.69) is 60.6 Å². The van der Waals surface area contributed by atoms with Crippen molar-refractivity contribution >= 4 is 39.8 Å². The normalized spacial score (nSPS) is 20.2. The highest BCUT2D eigenvalue weighted by atomic mass is 32.2. The van der Waals surface area contributed by atoms with Crippen LogP contribution in [0.25, 0.3) is 0 Å². The number of thioether (sulfide) groups is 1. The van der Waals surface area contributed by atoms with Crippen LogP contribution in [0.3, 0.4) is 0 Å². The van der Waals surface area contributed by atoms with Crippen molar-refractivity contribution in [2.45, 2.75) is 38.0 Å². The molecule has 1 N–H and O–H groups in total. The van der Waals surface area contributed by atoms with E-state index in [1.807, 2.05) is 4.90 Å². The van der Waals surface area contributed by atoms with Gasteiger partial charge in [0.1, 0.15) is 0 Å². The molecule has 0 radical (unpaired) electrons. The van der Waals surface area contributed by atoms with Gasteiger partial charge in [-0.1, -0.05) is 56.0 Å². The second-order valence-corrected chi connectivity index (χ2v) is 9.28. The van der Waals surface area contributed by atoms with Gasteiger partial charge in [-0.3, -0.25) is 4.79 Å². The van der Waals surface area contributed by atoms with E-state index in [9.17, 15) is 4.79 Å². The maximum Gasteiger partial charge on any atom is 0.233 e. The Kier molecular flexibility index (Phi) is 6.53. The first-order valence-corrected chi connectivity index (χ1v) is 10.9. The first-order valence-electron chi connectivity index (χ1n) is 9.13. The van der Waals surface area contributed by atoms with E-state index in [4.69, 9.17) is 0 Å². The van der Waals surface area contributed by atoms with Crippen LogP contribution in [-0.2, 0) is 11.2 Å². The molecular formula is C19H26N4OS2. The number of benzene rings is 1. The third kappa shape index (κ3) is 5.20. The Morgan fingerprint density at radius 1 is 1.23 bits per heavy atom. The van der Waals surface area contributed by atoms with Crippen LogP contribution in [-0.4, -0.2) is 39.8 Å². The van der Waals surface area contributed by atoms with E-state index >= 15 is 0 Å². The van der Waals surface area contributed by atoms with Crippen molar-refractivity contribution < 1.29 is 4.79 Å². The summed E-state index contributed by atoms with van der Waals surface area (Å²) < 4.78 is 0.823. The first-order chi connectivity index (χ1) is 12.5. The average molecular weight is 391 g/mol. The Hall–Kier alpha value is -1.60. The molecule has 0 saturated carbocycles. The first kappa shape index (κ1) is 19.2. The summed E-state index contributed by atoms with van der Waals surface area (Å²) in [6.45, 7) is 8.33. The van der Waals surface area contributed by atoms with Crippen molar-refractivity contribution in [3.05, 3.63) is 29.8 Å². The van der Waals surface area contributed by atoms with Crippen molar-refractivity contribution in [1.82, 2.24) is 15.1 Å². The molecule has 0 aliphatic carbocycles. The third-order valence-corrected chi connectivity index (χ3v) is 6.52. The van der Waals surface area contributed by atoms with Gasteiger partial charge in [-0.05, 0) is 42.4 Å². The van der Waals surface area contributed by atoms with Gasteiger partial charge in [0.05, 0.1) is 5.75 Å². The van der Waals surface area contributed by atoms with Gasteiger partial charge in [0, 0.05) is 18.8 Å². The minimum Gasteiger partial charge on any atom is -0.341 e. The van der Waals surface area contributed by atoms with Crippen LogP contribution >= 0.6 is 23.1 Å². The number of hydrogen-bond acceptors (Lipinski definition) is 6. The van der Waals surface area contributed by atoms with Crippen LogP contribution in [0, 0.1) is 11.8 Å². The Morgan fingerprint density at radius 3 is 2.58 bits per heavy atom. The molecule has 1 fully saturated rings. The Bertz CT molecular complexity index is 721. The summed E-state index contributed by atoms with van der Waals surface area (Å²) in [6, 6.07) is 8.32. The zero-order chi connectivity index (χ0) is 18.5.